The summed E-state index contributed by atoms with van der Waals surface area (Å²) in [5.41, 5.74) is 2.39. The fraction of sp³-hybridized carbons (Fsp3) is 0.360. The Bertz CT molecular complexity index is 1330. The fourth-order valence-corrected chi connectivity index (χ4v) is 6.19. The molecule has 0 spiro atoms. The van der Waals surface area contributed by atoms with Gasteiger partial charge in [-0.3, -0.25) is 14.2 Å². The van der Waals surface area contributed by atoms with Crippen molar-refractivity contribution in [1.82, 2.24) is 19.5 Å². The van der Waals surface area contributed by atoms with Crippen molar-refractivity contribution in [3.8, 4) is 5.75 Å². The van der Waals surface area contributed by atoms with Gasteiger partial charge in [-0.05, 0) is 48.3 Å². The molecule has 34 heavy (non-hydrogen) atoms. The first-order chi connectivity index (χ1) is 16.3. The van der Waals surface area contributed by atoms with Crippen LogP contribution in [-0.4, -0.2) is 71.8 Å². The second kappa shape index (κ2) is 9.02. The molecule has 1 N–H and O–H groups in total. The third-order valence-electron chi connectivity index (χ3n) is 6.77. The summed E-state index contributed by atoms with van der Waals surface area (Å²) in [5, 5.41) is 1.52. The van der Waals surface area contributed by atoms with E-state index in [0.29, 0.717) is 49.3 Å². The maximum atomic E-state index is 13.6. The monoisotopic (exact) mass is 480 g/mol. The first-order valence-electron chi connectivity index (χ1n) is 11.5. The first kappa shape index (κ1) is 22.8. The topological polar surface area (TPSA) is 85.9 Å². The van der Waals surface area contributed by atoms with Crippen molar-refractivity contribution in [2.24, 2.45) is 0 Å². The highest BCUT2D eigenvalue weighted by molar-refractivity contribution is 7.56. The largest absolute Gasteiger partial charge is 0.433 e. The van der Waals surface area contributed by atoms with Gasteiger partial charge in [-0.25, -0.2) is 4.67 Å². The lowest BCUT2D eigenvalue weighted by molar-refractivity contribution is 0.0664. The highest BCUT2D eigenvalue weighted by atomic mass is 31.2. The van der Waals surface area contributed by atoms with Crippen LogP contribution >= 0.6 is 7.52 Å². The van der Waals surface area contributed by atoms with Crippen molar-refractivity contribution in [3.05, 3.63) is 75.7 Å². The predicted octanol–water partition coefficient (Wildman–Crippen LogP) is 3.18. The van der Waals surface area contributed by atoms with Gasteiger partial charge in [0.25, 0.3) is 11.5 Å². The molecule has 2 aliphatic rings. The summed E-state index contributed by atoms with van der Waals surface area (Å²) in [5.74, 6) is 0.478. The molecule has 1 unspecified atom stereocenters. The molecule has 0 aliphatic carbocycles. The van der Waals surface area contributed by atoms with Crippen molar-refractivity contribution in [1.29, 1.82) is 0 Å². The molecule has 1 atom stereocenters. The van der Waals surface area contributed by atoms with Crippen LogP contribution in [0, 0.1) is 0 Å². The van der Waals surface area contributed by atoms with Gasteiger partial charge in [0.15, 0.2) is 0 Å². The summed E-state index contributed by atoms with van der Waals surface area (Å²) in [7, 11) is -1.11. The molecule has 1 saturated heterocycles. The average molecular weight is 481 g/mol. The van der Waals surface area contributed by atoms with Gasteiger partial charge < -0.3 is 19.3 Å². The highest BCUT2D eigenvalue weighted by Gasteiger charge is 2.32. The van der Waals surface area contributed by atoms with E-state index in [2.05, 4.69) is 16.9 Å². The van der Waals surface area contributed by atoms with Gasteiger partial charge in [0, 0.05) is 69.0 Å². The summed E-state index contributed by atoms with van der Waals surface area (Å²) < 4.78 is 21.4. The number of hydrogen-bond acceptors (Lipinski definition) is 5. The number of aromatic amines is 1. The van der Waals surface area contributed by atoms with Crippen LogP contribution in [0.15, 0.2) is 53.3 Å². The smallest absolute Gasteiger partial charge is 0.316 e. The van der Waals surface area contributed by atoms with Crippen molar-refractivity contribution in [3.63, 3.8) is 0 Å². The fourth-order valence-electron chi connectivity index (χ4n) is 4.70. The lowest BCUT2D eigenvalue weighted by Crippen LogP contribution is -2.47. The normalized spacial score (nSPS) is 18.9. The van der Waals surface area contributed by atoms with Crippen molar-refractivity contribution >= 4 is 24.2 Å². The van der Waals surface area contributed by atoms with Crippen LogP contribution < -0.4 is 10.1 Å². The second-order valence-electron chi connectivity index (χ2n) is 9.11. The molecular weight excluding hydrogens is 451 g/mol. The summed E-state index contributed by atoms with van der Waals surface area (Å²) in [6.07, 6.45) is 0.592. The van der Waals surface area contributed by atoms with Crippen LogP contribution in [0.4, 0.5) is 0 Å². The third kappa shape index (κ3) is 4.41. The molecule has 2 aromatic carbocycles. The number of amides is 1. The molecule has 2 aliphatic heterocycles. The Kier molecular flexibility index (Phi) is 6.06. The Morgan fingerprint density at radius 2 is 1.65 bits per heavy atom. The number of H-pyrrole nitrogens is 1. The summed E-state index contributed by atoms with van der Waals surface area (Å²) in [6.45, 7) is 5.75. The number of likely N-dealkylation sites (N-methyl/N-ethyl adjacent to an activating group) is 1. The minimum atomic E-state index is -3.17. The van der Waals surface area contributed by atoms with E-state index in [4.69, 9.17) is 4.52 Å². The molecule has 1 amide bonds. The molecule has 0 bridgehead atoms. The Hall–Kier alpha value is -2.93. The zero-order valence-electron chi connectivity index (χ0n) is 19.5. The van der Waals surface area contributed by atoms with Crippen molar-refractivity contribution < 1.29 is 13.9 Å². The maximum absolute atomic E-state index is 13.6. The summed E-state index contributed by atoms with van der Waals surface area (Å²) in [6, 6.07) is 14.4. The second-order valence-corrected chi connectivity index (χ2v) is 11.5. The summed E-state index contributed by atoms with van der Waals surface area (Å²) in [4.78, 5) is 32.2. The number of pyridine rings is 1. The van der Waals surface area contributed by atoms with E-state index in [1.165, 1.54) is 0 Å². The van der Waals surface area contributed by atoms with E-state index in [1.807, 2.05) is 27.8 Å². The van der Waals surface area contributed by atoms with Gasteiger partial charge in [-0.15, -0.1) is 0 Å². The molecule has 3 heterocycles. The maximum Gasteiger partial charge on any atom is 0.316 e. The highest BCUT2D eigenvalue weighted by Crippen LogP contribution is 2.49. The molecule has 0 radical (unpaired) electrons. The molecular formula is C25H29N4O4P. The number of fused-ring (bicyclic) bond motifs is 3. The van der Waals surface area contributed by atoms with Crippen molar-refractivity contribution in [2.75, 3.05) is 46.4 Å². The van der Waals surface area contributed by atoms with E-state index in [9.17, 15) is 14.2 Å². The van der Waals surface area contributed by atoms with Gasteiger partial charge in [0.2, 0.25) is 0 Å². The lowest BCUT2D eigenvalue weighted by Gasteiger charge is -2.33. The number of benzene rings is 2. The first-order valence-corrected chi connectivity index (χ1v) is 13.6. The van der Waals surface area contributed by atoms with Crippen LogP contribution in [0.5, 0.6) is 5.75 Å². The average Bonchev–Trinajstić information content (AvgIpc) is 2.84. The number of hydrogen-bond donors (Lipinski definition) is 1. The number of rotatable bonds is 4. The number of nitrogens with one attached hydrogen (secondary N) is 1. The van der Waals surface area contributed by atoms with E-state index in [0.717, 1.165) is 29.7 Å². The van der Waals surface area contributed by atoms with Crippen LogP contribution in [0.25, 0.3) is 10.8 Å². The summed E-state index contributed by atoms with van der Waals surface area (Å²) >= 11 is 0. The Balaban J connectivity index is 1.31. The number of carbonyl (C=O) groups is 1. The standard InChI is InChI=1S/C25H29N4O4P/c1-27-13-15-28(16-14-27)25(31)18-7-9-19(10-8-18)33-34(2,32)29-12-11-23-22(17-29)20-5-3-4-6-21(20)24(30)26-23/h3-10H,11-17H2,1-2H3,(H,26,30). The van der Waals surface area contributed by atoms with Gasteiger partial charge in [0.1, 0.15) is 5.75 Å². The zero-order chi connectivity index (χ0) is 23.9. The zero-order valence-corrected chi connectivity index (χ0v) is 20.4. The van der Waals surface area contributed by atoms with E-state index < -0.39 is 7.52 Å². The van der Waals surface area contributed by atoms with E-state index >= 15 is 0 Å². The Morgan fingerprint density at radius 3 is 2.35 bits per heavy atom. The molecule has 1 aromatic heterocycles. The van der Waals surface area contributed by atoms with Crippen LogP contribution in [0.2, 0.25) is 0 Å². The predicted molar refractivity (Wildman–Crippen MR) is 133 cm³/mol. The molecule has 178 valence electrons. The quantitative estimate of drug-likeness (QED) is 0.578. The van der Waals surface area contributed by atoms with Gasteiger partial charge in [-0.2, -0.15) is 0 Å². The number of piperazine rings is 1. The molecule has 5 rings (SSSR count). The molecule has 0 saturated carbocycles. The van der Waals surface area contributed by atoms with Gasteiger partial charge in [-0.1, -0.05) is 18.2 Å². The lowest BCUT2D eigenvalue weighted by atomic mass is 10.0. The molecule has 3 aromatic rings. The Morgan fingerprint density at radius 1 is 0.971 bits per heavy atom. The SMILES string of the molecule is CN1CCN(C(=O)c2ccc(OP(C)(=O)N3CCc4[nH]c(=O)c5ccccc5c4C3)cc2)CC1. The minimum Gasteiger partial charge on any atom is -0.433 e. The number of carbonyl (C=O) groups excluding carboxylic acids is 1. The van der Waals surface area contributed by atoms with Gasteiger partial charge in [0.05, 0.1) is 0 Å². The number of nitrogens with zero attached hydrogens (tertiary/aromatic N) is 3. The van der Waals surface area contributed by atoms with Crippen LogP contribution in [0.1, 0.15) is 21.6 Å². The Labute approximate surface area is 198 Å². The van der Waals surface area contributed by atoms with E-state index in [1.54, 1.807) is 37.0 Å². The number of aromatic nitrogens is 1. The molecule has 1 fully saturated rings. The molecule has 9 heteroatoms. The molecule has 8 nitrogen and oxygen atoms in total. The third-order valence-corrected chi connectivity index (χ3v) is 8.68. The van der Waals surface area contributed by atoms with Crippen LogP contribution in [-0.2, 0) is 17.5 Å². The van der Waals surface area contributed by atoms with Crippen molar-refractivity contribution in [2.45, 2.75) is 13.0 Å². The minimum absolute atomic E-state index is 0.00726. The van der Waals surface area contributed by atoms with E-state index in [-0.39, 0.29) is 11.5 Å². The van der Waals surface area contributed by atoms with Gasteiger partial charge >= 0.3 is 7.52 Å². The van der Waals surface area contributed by atoms with Crippen LogP contribution in [0.3, 0.4) is 0 Å².